The van der Waals surface area contributed by atoms with Gasteiger partial charge in [-0.3, -0.25) is 9.78 Å². The molecule has 0 atom stereocenters. The first-order valence-corrected chi connectivity index (χ1v) is 8.68. The van der Waals surface area contributed by atoms with Crippen molar-refractivity contribution in [2.24, 2.45) is 0 Å². The molecule has 3 aromatic rings. The molecule has 4 rings (SSSR count). The second-order valence-electron chi connectivity index (χ2n) is 5.59. The number of carbonyl (C=O) groups excluding carboxylic acids is 1. The lowest BCUT2D eigenvalue weighted by atomic mass is 10.1. The van der Waals surface area contributed by atoms with Crippen molar-refractivity contribution in [3.8, 4) is 6.07 Å². The van der Waals surface area contributed by atoms with Crippen LogP contribution in [-0.2, 0) is 13.1 Å². The molecule has 0 saturated carbocycles. The summed E-state index contributed by atoms with van der Waals surface area (Å²) in [5, 5.41) is 10.5. The van der Waals surface area contributed by atoms with E-state index in [-0.39, 0.29) is 5.91 Å². The summed E-state index contributed by atoms with van der Waals surface area (Å²) in [6, 6.07) is 10.2. The fourth-order valence-electron chi connectivity index (χ4n) is 3.03. The fraction of sp³-hybridized carbons (Fsp3) is 0.176. The second-order valence-corrected chi connectivity index (χ2v) is 6.38. The normalized spacial score (nSPS) is 13.1. The van der Waals surface area contributed by atoms with E-state index in [9.17, 15) is 10.1 Å². The molecule has 1 aliphatic heterocycles. The van der Waals surface area contributed by atoms with Gasteiger partial charge in [-0.05, 0) is 17.4 Å². The number of nitrogens with zero attached hydrogens (tertiary/aromatic N) is 3. The Morgan fingerprint density at radius 2 is 2.08 bits per heavy atom. The molecule has 1 aromatic carbocycles. The molecule has 2 N–H and O–H groups in total. The Labute approximate surface area is 142 Å². The van der Waals surface area contributed by atoms with Crippen molar-refractivity contribution in [3.05, 3.63) is 52.8 Å². The van der Waals surface area contributed by atoms with Crippen molar-refractivity contribution >= 4 is 28.7 Å². The van der Waals surface area contributed by atoms with Gasteiger partial charge in [0.15, 0.2) is 0 Å². The molecular weight excluding hydrogens is 322 g/mol. The van der Waals surface area contributed by atoms with Crippen molar-refractivity contribution in [2.75, 3.05) is 6.26 Å². The Bertz CT molecular complexity index is 979. The van der Waals surface area contributed by atoms with Gasteiger partial charge in [-0.15, -0.1) is 0 Å². The van der Waals surface area contributed by atoms with Gasteiger partial charge in [0, 0.05) is 13.1 Å². The third kappa shape index (κ3) is 2.23. The van der Waals surface area contributed by atoms with Crippen LogP contribution in [0, 0.1) is 11.3 Å². The Morgan fingerprint density at radius 1 is 1.38 bits per heavy atom. The number of nitriles is 1. The number of H-pyrrole nitrogens is 2. The minimum atomic E-state index is -0.156. The van der Waals surface area contributed by atoms with Crippen LogP contribution < -0.4 is 4.98 Å². The van der Waals surface area contributed by atoms with Crippen LogP contribution in [0.3, 0.4) is 0 Å². The largest absolute Gasteiger partial charge is 0.327 e. The number of hydrogen-bond acceptors (Lipinski definition) is 4. The van der Waals surface area contributed by atoms with Gasteiger partial charge in [0.1, 0.15) is 17.0 Å². The van der Waals surface area contributed by atoms with Crippen LogP contribution in [0.1, 0.15) is 27.2 Å². The van der Waals surface area contributed by atoms with Crippen molar-refractivity contribution in [2.45, 2.75) is 18.2 Å². The number of hydrogen-bond donors (Lipinski definition) is 1. The first-order chi connectivity index (χ1) is 11.7. The number of thioether (sulfide) groups is 1. The Hall–Kier alpha value is -2.85. The number of nitrogens with one attached hydrogen (secondary N) is 2. The van der Waals surface area contributed by atoms with E-state index in [1.54, 1.807) is 11.1 Å². The summed E-state index contributed by atoms with van der Waals surface area (Å²) in [6.45, 7) is 1.13. The van der Waals surface area contributed by atoms with Crippen LogP contribution in [0.4, 0.5) is 0 Å². The molecule has 0 fully saturated rings. The number of benzene rings is 1. The highest BCUT2D eigenvalue weighted by atomic mass is 32.2. The maximum Gasteiger partial charge on any atom is 0.296 e. The molecule has 0 radical (unpaired) electrons. The molecule has 0 bridgehead atoms. The predicted octanol–water partition coefficient (Wildman–Crippen LogP) is 2.13. The van der Waals surface area contributed by atoms with E-state index in [0.29, 0.717) is 40.5 Å². The maximum absolute atomic E-state index is 13.1. The van der Waals surface area contributed by atoms with E-state index in [2.05, 4.69) is 21.0 Å². The summed E-state index contributed by atoms with van der Waals surface area (Å²) in [6.07, 6.45) is 3.49. The third-order valence-corrected chi connectivity index (χ3v) is 4.79. The second kappa shape index (κ2) is 5.65. The minimum absolute atomic E-state index is 0.156. The van der Waals surface area contributed by atoms with Crippen LogP contribution in [0.2, 0.25) is 0 Å². The molecule has 0 saturated heterocycles. The lowest BCUT2D eigenvalue weighted by Crippen LogP contribution is -2.28. The van der Waals surface area contributed by atoms with Gasteiger partial charge in [0.25, 0.3) is 11.1 Å². The molecule has 2 aromatic heterocycles. The average Bonchev–Trinajstić information content (AvgIpc) is 3.23. The zero-order chi connectivity index (χ0) is 16.7. The molecule has 118 valence electrons. The third-order valence-electron chi connectivity index (χ3n) is 4.21. The van der Waals surface area contributed by atoms with Crippen LogP contribution in [0.15, 0.2) is 35.6 Å². The highest BCUT2D eigenvalue weighted by Crippen LogP contribution is 2.27. The molecule has 1 amide bonds. The van der Waals surface area contributed by atoms with Crippen LogP contribution in [0.25, 0.3) is 11.0 Å². The molecular formula is C17H14N5OS+. The van der Waals surface area contributed by atoms with Gasteiger partial charge < -0.3 is 4.90 Å². The summed E-state index contributed by atoms with van der Waals surface area (Å²) >= 11 is 1.42. The Balaban J connectivity index is 1.80. The number of fused-ring (bicyclic) bond motifs is 2. The molecule has 1 aliphatic rings. The van der Waals surface area contributed by atoms with Crippen LogP contribution in [0.5, 0.6) is 0 Å². The Morgan fingerprint density at radius 3 is 2.71 bits per heavy atom. The van der Waals surface area contributed by atoms with E-state index in [0.717, 1.165) is 11.1 Å². The first-order valence-electron chi connectivity index (χ1n) is 7.46. The highest BCUT2D eigenvalue weighted by Gasteiger charge is 2.31. The summed E-state index contributed by atoms with van der Waals surface area (Å²) in [5.41, 5.74) is 3.69. The predicted molar refractivity (Wildman–Crippen MR) is 89.2 cm³/mol. The molecule has 24 heavy (non-hydrogen) atoms. The average molecular weight is 336 g/mol. The number of aromatic nitrogens is 3. The quantitative estimate of drug-likeness (QED) is 0.574. The topological polar surface area (TPSA) is 86.9 Å². The monoisotopic (exact) mass is 336 g/mol. The first kappa shape index (κ1) is 14.7. The van der Waals surface area contributed by atoms with Gasteiger partial charge in [0.05, 0.1) is 6.20 Å². The van der Waals surface area contributed by atoms with Crippen LogP contribution in [-0.4, -0.2) is 27.0 Å². The van der Waals surface area contributed by atoms with Crippen molar-refractivity contribution < 1.29 is 9.78 Å². The van der Waals surface area contributed by atoms with Gasteiger partial charge in [-0.1, -0.05) is 41.0 Å². The van der Waals surface area contributed by atoms with Gasteiger partial charge in [-0.25, -0.2) is 4.98 Å². The Kier molecular flexibility index (Phi) is 3.47. The number of amides is 1. The fourth-order valence-corrected chi connectivity index (χ4v) is 3.41. The van der Waals surface area contributed by atoms with Crippen LogP contribution >= 0.6 is 11.8 Å². The number of aromatic amines is 2. The molecule has 3 heterocycles. The smallest absolute Gasteiger partial charge is 0.296 e. The zero-order valence-electron chi connectivity index (χ0n) is 13.0. The van der Waals surface area contributed by atoms with Crippen molar-refractivity contribution in [3.63, 3.8) is 0 Å². The zero-order valence-corrected chi connectivity index (χ0v) is 13.8. The SMILES string of the molecule is CSc1nc(C(=O)N2Cc3ccccc3C2)c2c(C#N)c[nH]c2[nH+]1. The summed E-state index contributed by atoms with van der Waals surface area (Å²) in [5.74, 6) is -0.156. The summed E-state index contributed by atoms with van der Waals surface area (Å²) < 4.78 is 0. The maximum atomic E-state index is 13.1. The molecule has 0 spiro atoms. The lowest BCUT2D eigenvalue weighted by Gasteiger charge is -2.13. The summed E-state index contributed by atoms with van der Waals surface area (Å²) in [4.78, 5) is 25.4. The molecule has 7 heteroatoms. The highest BCUT2D eigenvalue weighted by molar-refractivity contribution is 7.98. The number of carbonyl (C=O) groups is 1. The van der Waals surface area contributed by atoms with E-state index in [1.165, 1.54) is 11.8 Å². The number of rotatable bonds is 2. The van der Waals surface area contributed by atoms with Gasteiger partial charge >= 0.3 is 0 Å². The van der Waals surface area contributed by atoms with Gasteiger partial charge in [-0.2, -0.15) is 5.26 Å². The standard InChI is InChI=1S/C17H13N5OS/c1-24-17-20-14(13-12(6-18)7-19-15(13)21-17)16(23)22-8-10-4-2-3-5-11(10)9-22/h2-5,7H,8-9H2,1H3,(H,19,20,21)/p+1. The van der Waals surface area contributed by atoms with E-state index in [4.69, 9.17) is 0 Å². The van der Waals surface area contributed by atoms with Gasteiger partial charge in [0.2, 0.25) is 11.3 Å². The lowest BCUT2D eigenvalue weighted by molar-refractivity contribution is -0.404. The van der Waals surface area contributed by atoms with Crippen molar-refractivity contribution in [1.82, 2.24) is 14.9 Å². The van der Waals surface area contributed by atoms with Crippen molar-refractivity contribution in [1.29, 1.82) is 5.26 Å². The molecule has 0 aliphatic carbocycles. The molecule has 0 unspecified atom stereocenters. The van der Waals surface area contributed by atoms with E-state index < -0.39 is 0 Å². The summed E-state index contributed by atoms with van der Waals surface area (Å²) in [7, 11) is 0. The van der Waals surface area contributed by atoms with E-state index >= 15 is 0 Å². The van der Waals surface area contributed by atoms with E-state index in [1.807, 2.05) is 30.5 Å². The molecule has 6 nitrogen and oxygen atoms in total. The minimum Gasteiger partial charge on any atom is -0.327 e.